The molecule has 2 heterocycles. The van der Waals surface area contributed by atoms with Crippen molar-refractivity contribution in [2.75, 3.05) is 5.73 Å². The van der Waals surface area contributed by atoms with Crippen molar-refractivity contribution in [1.29, 1.82) is 0 Å². The van der Waals surface area contributed by atoms with Crippen LogP contribution >= 0.6 is 15.9 Å². The smallest absolute Gasteiger partial charge is 0.323 e. The average Bonchev–Trinajstić information content (AvgIpc) is 2.17. The second-order valence-corrected chi connectivity index (χ2v) is 3.62. The van der Waals surface area contributed by atoms with Crippen LogP contribution in [0.1, 0.15) is 0 Å². The molecule has 5 nitrogen and oxygen atoms in total. The van der Waals surface area contributed by atoms with Gasteiger partial charge in [-0.05, 0) is 28.1 Å². The van der Waals surface area contributed by atoms with E-state index in [1.165, 1.54) is 6.20 Å². The molecule has 0 atom stereocenters. The van der Waals surface area contributed by atoms with Crippen LogP contribution in [-0.4, -0.2) is 15.0 Å². The Labute approximate surface area is 94.5 Å². The summed E-state index contributed by atoms with van der Waals surface area (Å²) in [7, 11) is 0. The van der Waals surface area contributed by atoms with Crippen LogP contribution in [0.15, 0.2) is 35.2 Å². The van der Waals surface area contributed by atoms with Crippen LogP contribution in [0, 0.1) is 0 Å². The maximum absolute atomic E-state index is 5.49. The summed E-state index contributed by atoms with van der Waals surface area (Å²) in [5.41, 5.74) is 5.49. The Balaban J connectivity index is 2.22. The molecule has 15 heavy (non-hydrogen) atoms. The Kier molecular flexibility index (Phi) is 2.77. The van der Waals surface area contributed by atoms with Gasteiger partial charge in [-0.2, -0.15) is 4.98 Å². The van der Waals surface area contributed by atoms with Crippen LogP contribution in [0.4, 0.5) is 5.82 Å². The molecule has 0 spiro atoms. The molecule has 0 fully saturated rings. The summed E-state index contributed by atoms with van der Waals surface area (Å²) in [6.45, 7) is 0. The maximum atomic E-state index is 5.49. The number of hydrogen-bond acceptors (Lipinski definition) is 5. The lowest BCUT2D eigenvalue weighted by Gasteiger charge is -2.03. The largest absolute Gasteiger partial charge is 0.423 e. The van der Waals surface area contributed by atoms with E-state index in [4.69, 9.17) is 10.5 Å². The fourth-order valence-electron chi connectivity index (χ4n) is 0.957. The molecular weight excluding hydrogens is 260 g/mol. The summed E-state index contributed by atoms with van der Waals surface area (Å²) in [6, 6.07) is 3.56. The lowest BCUT2D eigenvalue weighted by molar-refractivity contribution is 0.440. The lowest BCUT2D eigenvalue weighted by Crippen LogP contribution is -1.95. The van der Waals surface area contributed by atoms with Crippen molar-refractivity contribution >= 4 is 21.7 Å². The number of halogens is 1. The van der Waals surface area contributed by atoms with Crippen molar-refractivity contribution in [2.24, 2.45) is 0 Å². The first-order chi connectivity index (χ1) is 7.24. The number of nitrogen functional groups attached to an aromatic ring is 1. The van der Waals surface area contributed by atoms with Crippen LogP contribution in [-0.2, 0) is 0 Å². The van der Waals surface area contributed by atoms with Crippen LogP contribution in [0.5, 0.6) is 11.8 Å². The quantitative estimate of drug-likeness (QED) is 0.900. The van der Waals surface area contributed by atoms with E-state index in [0.717, 1.165) is 4.47 Å². The summed E-state index contributed by atoms with van der Waals surface area (Å²) in [4.78, 5) is 11.8. The third kappa shape index (κ3) is 2.63. The van der Waals surface area contributed by atoms with E-state index in [-0.39, 0.29) is 6.01 Å². The molecular formula is C9H7BrN4O. The Morgan fingerprint density at radius 3 is 2.93 bits per heavy atom. The second kappa shape index (κ2) is 4.22. The summed E-state index contributed by atoms with van der Waals surface area (Å²) in [5, 5.41) is 0. The molecule has 0 aromatic carbocycles. The van der Waals surface area contributed by atoms with E-state index >= 15 is 0 Å². The van der Waals surface area contributed by atoms with Gasteiger partial charge in [0.25, 0.3) is 0 Å². The highest BCUT2D eigenvalue weighted by molar-refractivity contribution is 9.10. The van der Waals surface area contributed by atoms with Crippen LogP contribution in [0.2, 0.25) is 0 Å². The number of nitrogens with two attached hydrogens (primary N) is 1. The second-order valence-electron chi connectivity index (χ2n) is 2.71. The third-order valence-corrected chi connectivity index (χ3v) is 1.98. The summed E-state index contributed by atoms with van der Waals surface area (Å²) < 4.78 is 6.17. The van der Waals surface area contributed by atoms with Gasteiger partial charge in [0.1, 0.15) is 5.82 Å². The van der Waals surface area contributed by atoms with E-state index < -0.39 is 0 Å². The van der Waals surface area contributed by atoms with E-state index in [1.54, 1.807) is 24.5 Å². The van der Waals surface area contributed by atoms with E-state index in [0.29, 0.717) is 11.6 Å². The zero-order chi connectivity index (χ0) is 10.7. The van der Waals surface area contributed by atoms with Gasteiger partial charge in [-0.15, -0.1) is 0 Å². The molecule has 0 bridgehead atoms. The highest BCUT2D eigenvalue weighted by Gasteiger charge is 2.01. The fourth-order valence-corrected chi connectivity index (χ4v) is 1.30. The minimum atomic E-state index is 0.204. The van der Waals surface area contributed by atoms with Gasteiger partial charge in [-0.3, -0.25) is 4.98 Å². The molecule has 2 rings (SSSR count). The van der Waals surface area contributed by atoms with Gasteiger partial charge < -0.3 is 10.5 Å². The normalized spacial score (nSPS) is 9.93. The minimum absolute atomic E-state index is 0.204. The van der Waals surface area contributed by atoms with Crippen LogP contribution < -0.4 is 10.5 Å². The molecule has 0 radical (unpaired) electrons. The standard InChI is InChI=1S/C9H7BrN4O/c10-6-3-7(5-12-4-6)15-9-13-2-1-8(11)14-9/h1-5H,(H2,11,13,14). The van der Waals surface area contributed by atoms with Crippen molar-refractivity contribution in [1.82, 2.24) is 15.0 Å². The number of rotatable bonds is 2. The number of pyridine rings is 1. The van der Waals surface area contributed by atoms with E-state index in [2.05, 4.69) is 30.9 Å². The number of ether oxygens (including phenoxy) is 1. The van der Waals surface area contributed by atoms with Gasteiger partial charge in [-0.1, -0.05) is 0 Å². The summed E-state index contributed by atoms with van der Waals surface area (Å²) in [5.74, 6) is 0.915. The average molecular weight is 267 g/mol. The first kappa shape index (κ1) is 9.85. The topological polar surface area (TPSA) is 73.9 Å². The molecule has 0 amide bonds. The van der Waals surface area contributed by atoms with Gasteiger partial charge in [-0.25, -0.2) is 4.98 Å². The van der Waals surface area contributed by atoms with Gasteiger partial charge in [0.15, 0.2) is 5.75 Å². The van der Waals surface area contributed by atoms with Gasteiger partial charge in [0, 0.05) is 16.9 Å². The number of anilines is 1. The SMILES string of the molecule is Nc1ccnc(Oc2cncc(Br)c2)n1. The molecule has 0 saturated carbocycles. The minimum Gasteiger partial charge on any atom is -0.423 e. The molecule has 2 N–H and O–H groups in total. The molecule has 0 aliphatic rings. The highest BCUT2D eigenvalue weighted by atomic mass is 79.9. The first-order valence-electron chi connectivity index (χ1n) is 4.11. The predicted octanol–water partition coefficient (Wildman–Crippen LogP) is 2.01. The van der Waals surface area contributed by atoms with Crippen LogP contribution in [0.3, 0.4) is 0 Å². The summed E-state index contributed by atoms with van der Waals surface area (Å²) >= 11 is 3.28. The van der Waals surface area contributed by atoms with Crippen molar-refractivity contribution in [3.8, 4) is 11.8 Å². The zero-order valence-corrected chi connectivity index (χ0v) is 9.18. The Hall–Kier alpha value is -1.69. The fraction of sp³-hybridized carbons (Fsp3) is 0. The number of nitrogens with zero attached hydrogens (tertiary/aromatic N) is 3. The monoisotopic (exact) mass is 266 g/mol. The zero-order valence-electron chi connectivity index (χ0n) is 7.59. The Morgan fingerprint density at radius 1 is 1.33 bits per heavy atom. The van der Waals surface area contributed by atoms with E-state index in [1.807, 2.05) is 0 Å². The predicted molar refractivity (Wildman–Crippen MR) is 58.5 cm³/mol. The van der Waals surface area contributed by atoms with E-state index in [9.17, 15) is 0 Å². The van der Waals surface area contributed by atoms with Gasteiger partial charge >= 0.3 is 6.01 Å². The Bertz CT molecular complexity index is 434. The molecule has 76 valence electrons. The first-order valence-corrected chi connectivity index (χ1v) is 4.90. The van der Waals surface area contributed by atoms with Crippen molar-refractivity contribution in [3.05, 3.63) is 35.2 Å². The molecule has 2 aromatic heterocycles. The van der Waals surface area contributed by atoms with Gasteiger partial charge in [0.2, 0.25) is 0 Å². The highest BCUT2D eigenvalue weighted by Crippen LogP contribution is 2.20. The number of hydrogen-bond donors (Lipinski definition) is 1. The lowest BCUT2D eigenvalue weighted by atomic mass is 10.5. The molecule has 6 heteroatoms. The van der Waals surface area contributed by atoms with Crippen molar-refractivity contribution in [2.45, 2.75) is 0 Å². The molecule has 0 aliphatic heterocycles. The number of aromatic nitrogens is 3. The maximum Gasteiger partial charge on any atom is 0.323 e. The van der Waals surface area contributed by atoms with Crippen LogP contribution in [0.25, 0.3) is 0 Å². The van der Waals surface area contributed by atoms with Gasteiger partial charge in [0.05, 0.1) is 6.20 Å². The molecule has 0 saturated heterocycles. The third-order valence-electron chi connectivity index (χ3n) is 1.54. The molecule has 2 aromatic rings. The Morgan fingerprint density at radius 2 is 2.20 bits per heavy atom. The molecule has 0 aliphatic carbocycles. The molecule has 0 unspecified atom stereocenters. The van der Waals surface area contributed by atoms with Crippen molar-refractivity contribution in [3.63, 3.8) is 0 Å². The summed E-state index contributed by atoms with van der Waals surface area (Å²) in [6.07, 6.45) is 4.76. The van der Waals surface area contributed by atoms with Crippen molar-refractivity contribution < 1.29 is 4.74 Å².